The van der Waals surface area contributed by atoms with E-state index in [0.29, 0.717) is 0 Å². The molecule has 5 nitrogen and oxygen atoms in total. The van der Waals surface area contributed by atoms with E-state index in [4.69, 9.17) is 4.74 Å². The van der Waals surface area contributed by atoms with Gasteiger partial charge in [-0.2, -0.15) is 0 Å². The Balaban J connectivity index is 2.24. The van der Waals surface area contributed by atoms with Crippen LogP contribution in [0.3, 0.4) is 0 Å². The first-order valence-corrected chi connectivity index (χ1v) is 7.73. The molecule has 0 aliphatic rings. The van der Waals surface area contributed by atoms with Crippen molar-refractivity contribution < 1.29 is 9.53 Å². The molecule has 0 fully saturated rings. The molecule has 1 heterocycles. The molecule has 20 heavy (non-hydrogen) atoms. The molecule has 1 aromatic heterocycles. The van der Waals surface area contributed by atoms with Gasteiger partial charge in [0.2, 0.25) is 5.95 Å². The van der Waals surface area contributed by atoms with Gasteiger partial charge >= 0.3 is 6.09 Å². The molecule has 7 heteroatoms. The van der Waals surface area contributed by atoms with E-state index in [1.807, 2.05) is 12.1 Å². The fraction of sp³-hybridized carbons (Fsp3) is 0.308. The summed E-state index contributed by atoms with van der Waals surface area (Å²) in [6.45, 7) is 5.40. The maximum Gasteiger partial charge on any atom is 0.414 e. The van der Waals surface area contributed by atoms with Crippen LogP contribution in [0.1, 0.15) is 20.8 Å². The lowest BCUT2D eigenvalue weighted by Crippen LogP contribution is -2.27. The Bertz CT molecular complexity index is 670. The van der Waals surface area contributed by atoms with E-state index in [-0.39, 0.29) is 5.95 Å². The van der Waals surface area contributed by atoms with Crippen LogP contribution >= 0.6 is 38.5 Å². The quantitative estimate of drug-likeness (QED) is 0.657. The summed E-state index contributed by atoms with van der Waals surface area (Å²) >= 11 is 5.66. The number of carbonyl (C=O) groups excluding carboxylic acids is 1. The largest absolute Gasteiger partial charge is 0.444 e. The minimum atomic E-state index is -0.566. The van der Waals surface area contributed by atoms with E-state index in [1.54, 1.807) is 27.0 Å². The summed E-state index contributed by atoms with van der Waals surface area (Å²) in [6, 6.07) is 3.86. The van der Waals surface area contributed by atoms with Gasteiger partial charge in [-0.1, -0.05) is 0 Å². The molecular formula is C13H13BrIN3O2. The van der Waals surface area contributed by atoms with E-state index in [2.05, 4.69) is 53.8 Å². The second-order valence-corrected chi connectivity index (χ2v) is 7.16. The SMILES string of the molecule is CC(C)(C)OC(=O)Nc1ncc2cc(Br)c(I)cc2n1. The van der Waals surface area contributed by atoms with Gasteiger partial charge in [0.25, 0.3) is 0 Å². The molecule has 0 radical (unpaired) electrons. The molecule has 0 aliphatic carbocycles. The highest BCUT2D eigenvalue weighted by molar-refractivity contribution is 14.1. The van der Waals surface area contributed by atoms with Crippen LogP contribution in [-0.2, 0) is 4.74 Å². The molecule has 0 saturated heterocycles. The van der Waals surface area contributed by atoms with Crippen LogP contribution in [0.25, 0.3) is 10.9 Å². The van der Waals surface area contributed by atoms with Gasteiger partial charge in [-0.15, -0.1) is 0 Å². The zero-order valence-corrected chi connectivity index (χ0v) is 14.9. The van der Waals surface area contributed by atoms with Crippen molar-refractivity contribution in [3.05, 3.63) is 26.4 Å². The van der Waals surface area contributed by atoms with Gasteiger partial charge in [-0.25, -0.2) is 14.8 Å². The molecule has 2 rings (SSSR count). The number of halogens is 2. The van der Waals surface area contributed by atoms with Crippen LogP contribution in [0.2, 0.25) is 0 Å². The van der Waals surface area contributed by atoms with Crippen LogP contribution in [0, 0.1) is 3.57 Å². The number of nitrogens with zero attached hydrogens (tertiary/aromatic N) is 2. The minimum absolute atomic E-state index is 0.227. The smallest absolute Gasteiger partial charge is 0.414 e. The number of amides is 1. The van der Waals surface area contributed by atoms with E-state index >= 15 is 0 Å². The monoisotopic (exact) mass is 449 g/mol. The van der Waals surface area contributed by atoms with E-state index in [9.17, 15) is 4.79 Å². The molecule has 0 spiro atoms. The van der Waals surface area contributed by atoms with Crippen molar-refractivity contribution in [1.82, 2.24) is 9.97 Å². The van der Waals surface area contributed by atoms with Crippen LogP contribution in [-0.4, -0.2) is 21.7 Å². The number of nitrogens with one attached hydrogen (secondary N) is 1. The number of benzene rings is 1. The van der Waals surface area contributed by atoms with Gasteiger partial charge in [0, 0.05) is 19.6 Å². The molecule has 106 valence electrons. The minimum Gasteiger partial charge on any atom is -0.444 e. The Morgan fingerprint density at radius 1 is 1.40 bits per heavy atom. The predicted octanol–water partition coefficient (Wildman–Crippen LogP) is 4.34. The fourth-order valence-corrected chi connectivity index (χ4v) is 2.29. The Morgan fingerprint density at radius 3 is 2.75 bits per heavy atom. The van der Waals surface area contributed by atoms with Gasteiger partial charge in [0.05, 0.1) is 5.52 Å². The second-order valence-electron chi connectivity index (χ2n) is 5.15. The van der Waals surface area contributed by atoms with E-state index in [0.717, 1.165) is 18.9 Å². The molecule has 0 atom stereocenters. The highest BCUT2D eigenvalue weighted by Gasteiger charge is 2.17. The summed E-state index contributed by atoms with van der Waals surface area (Å²) in [4.78, 5) is 20.1. The maximum absolute atomic E-state index is 11.7. The van der Waals surface area contributed by atoms with E-state index < -0.39 is 11.7 Å². The fourth-order valence-electron chi connectivity index (χ4n) is 1.48. The van der Waals surface area contributed by atoms with Gasteiger partial charge in [-0.05, 0) is 71.4 Å². The van der Waals surface area contributed by atoms with Crippen LogP contribution in [0.5, 0.6) is 0 Å². The number of anilines is 1. The Kier molecular flexibility index (Phi) is 4.48. The number of ether oxygens (including phenoxy) is 1. The topological polar surface area (TPSA) is 64.1 Å². The zero-order valence-electron chi connectivity index (χ0n) is 11.2. The lowest BCUT2D eigenvalue weighted by Gasteiger charge is -2.19. The van der Waals surface area contributed by atoms with Gasteiger partial charge in [-0.3, -0.25) is 5.32 Å². The normalized spacial score (nSPS) is 11.4. The molecule has 0 aliphatic heterocycles. The van der Waals surface area contributed by atoms with Crippen molar-refractivity contribution in [2.45, 2.75) is 26.4 Å². The maximum atomic E-state index is 11.7. The molecule has 1 amide bonds. The first-order valence-electron chi connectivity index (χ1n) is 5.86. The van der Waals surface area contributed by atoms with Crippen molar-refractivity contribution in [3.63, 3.8) is 0 Å². The van der Waals surface area contributed by atoms with Crippen molar-refractivity contribution in [1.29, 1.82) is 0 Å². The molecule has 1 N–H and O–H groups in total. The number of hydrogen-bond donors (Lipinski definition) is 1. The third-order valence-electron chi connectivity index (χ3n) is 2.23. The highest BCUT2D eigenvalue weighted by Crippen LogP contribution is 2.24. The van der Waals surface area contributed by atoms with Crippen molar-refractivity contribution >= 4 is 61.5 Å². The predicted molar refractivity (Wildman–Crippen MR) is 89.8 cm³/mol. The highest BCUT2D eigenvalue weighted by atomic mass is 127. The van der Waals surface area contributed by atoms with Gasteiger partial charge < -0.3 is 4.74 Å². The van der Waals surface area contributed by atoms with Crippen molar-refractivity contribution in [2.24, 2.45) is 0 Å². The Morgan fingerprint density at radius 2 is 2.10 bits per heavy atom. The number of carbonyl (C=O) groups is 1. The van der Waals surface area contributed by atoms with Crippen molar-refractivity contribution in [2.75, 3.05) is 5.32 Å². The van der Waals surface area contributed by atoms with Crippen LogP contribution in [0.15, 0.2) is 22.8 Å². The number of rotatable bonds is 1. The molecule has 0 unspecified atom stereocenters. The van der Waals surface area contributed by atoms with Crippen LogP contribution in [0.4, 0.5) is 10.7 Å². The second kappa shape index (κ2) is 5.80. The summed E-state index contributed by atoms with van der Waals surface area (Å²) in [7, 11) is 0. The Labute approximate surface area is 138 Å². The van der Waals surface area contributed by atoms with Crippen LogP contribution < -0.4 is 5.32 Å². The zero-order chi connectivity index (χ0) is 14.9. The molecule has 2 aromatic rings. The van der Waals surface area contributed by atoms with Crippen molar-refractivity contribution in [3.8, 4) is 0 Å². The Hall–Kier alpha value is -0.960. The molecule has 0 bridgehead atoms. The standard InChI is InChI=1S/C13H13BrIN3O2/c1-13(2,3)20-12(19)18-11-16-6-7-4-8(14)9(15)5-10(7)17-11/h4-6H,1-3H3,(H,16,17,18,19). The third kappa shape index (κ3) is 4.02. The number of hydrogen-bond acceptors (Lipinski definition) is 4. The summed E-state index contributed by atoms with van der Waals surface area (Å²) in [5.74, 6) is 0.227. The molecule has 1 aromatic carbocycles. The average Bonchev–Trinajstić information content (AvgIpc) is 2.28. The third-order valence-corrected chi connectivity index (χ3v) is 4.52. The number of aromatic nitrogens is 2. The lowest BCUT2D eigenvalue weighted by molar-refractivity contribution is 0.0634. The summed E-state index contributed by atoms with van der Waals surface area (Å²) in [5, 5.41) is 3.42. The number of fused-ring (bicyclic) bond motifs is 1. The molecular weight excluding hydrogens is 437 g/mol. The summed E-state index contributed by atoms with van der Waals surface area (Å²) < 4.78 is 7.18. The van der Waals surface area contributed by atoms with Gasteiger partial charge in [0.1, 0.15) is 5.60 Å². The first kappa shape index (κ1) is 15.4. The summed E-state index contributed by atoms with van der Waals surface area (Å²) in [5.41, 5.74) is 0.208. The summed E-state index contributed by atoms with van der Waals surface area (Å²) in [6.07, 6.45) is 1.10. The first-order chi connectivity index (χ1) is 9.24. The average molecular weight is 450 g/mol. The van der Waals surface area contributed by atoms with E-state index in [1.165, 1.54) is 0 Å². The lowest BCUT2D eigenvalue weighted by atomic mass is 10.2. The molecule has 0 saturated carbocycles. The van der Waals surface area contributed by atoms with Gasteiger partial charge in [0.15, 0.2) is 0 Å².